The van der Waals surface area contributed by atoms with Crippen LogP contribution in [-0.2, 0) is 17.2 Å². The minimum Gasteiger partial charge on any atom is -0.310 e. The molecule has 5 aromatic rings. The van der Waals surface area contributed by atoms with Gasteiger partial charge in [-0.05, 0) is 63.4 Å². The van der Waals surface area contributed by atoms with Crippen LogP contribution in [0, 0.1) is 0 Å². The molecule has 0 spiro atoms. The molecule has 0 radical (unpaired) electrons. The van der Waals surface area contributed by atoms with E-state index in [9.17, 15) is 0 Å². The van der Waals surface area contributed by atoms with Crippen LogP contribution in [0.2, 0.25) is 0 Å². The molecule has 1 aliphatic rings. The van der Waals surface area contributed by atoms with E-state index in [0.29, 0.717) is 0 Å². The van der Waals surface area contributed by atoms with Gasteiger partial charge in [-0.3, -0.25) is 0 Å². The minimum absolute atomic E-state index is 0.169. The number of benzene rings is 5. The largest absolute Gasteiger partial charge is 0.310 e. The third-order valence-electron chi connectivity index (χ3n) is 7.32. The van der Waals surface area contributed by atoms with Gasteiger partial charge < -0.3 is 4.90 Å². The predicted molar refractivity (Wildman–Crippen MR) is 159 cm³/mol. The first-order valence-corrected chi connectivity index (χ1v) is 15.1. The third kappa shape index (κ3) is 3.56. The third-order valence-corrected chi connectivity index (χ3v) is 12.3. The summed E-state index contributed by atoms with van der Waals surface area (Å²) in [4.78, 5) is 2.34. The van der Waals surface area contributed by atoms with Crippen LogP contribution in [0.1, 0.15) is 25.0 Å². The van der Waals surface area contributed by atoms with Crippen molar-refractivity contribution in [3.8, 4) is 0 Å². The standard InChI is InChI=1S/C33H28NPS/c1-33(2)29-20-12-13-21-31(29)35(36,28-18-10-5-11-19-28)32-23-22-27(24-30(32)33)34(25-14-6-3-7-15-25)26-16-8-4-9-17-26/h3-24H,1-2H3. The number of anilines is 3. The highest BCUT2D eigenvalue weighted by atomic mass is 32.4. The highest BCUT2D eigenvalue weighted by Gasteiger charge is 2.42. The quantitative estimate of drug-likeness (QED) is 0.234. The predicted octanol–water partition coefficient (Wildman–Crippen LogP) is 7.55. The van der Waals surface area contributed by atoms with Crippen LogP contribution < -0.4 is 20.8 Å². The highest BCUT2D eigenvalue weighted by molar-refractivity contribution is 8.25. The van der Waals surface area contributed by atoms with E-state index in [2.05, 4.69) is 152 Å². The van der Waals surface area contributed by atoms with Gasteiger partial charge in [0, 0.05) is 28.5 Å². The summed E-state index contributed by atoms with van der Waals surface area (Å²) in [6.07, 6.45) is 0. The molecule has 0 saturated carbocycles. The summed E-state index contributed by atoms with van der Waals surface area (Å²) < 4.78 is 0. The summed E-state index contributed by atoms with van der Waals surface area (Å²) in [5, 5.41) is 3.87. The number of nitrogens with zero attached hydrogens (tertiary/aromatic N) is 1. The maximum absolute atomic E-state index is 6.73. The van der Waals surface area contributed by atoms with Crippen molar-refractivity contribution in [2.24, 2.45) is 0 Å². The molecule has 1 atom stereocenters. The van der Waals surface area contributed by atoms with E-state index in [1.807, 2.05) is 0 Å². The molecule has 0 saturated heterocycles. The number of hydrogen-bond donors (Lipinski definition) is 0. The van der Waals surface area contributed by atoms with Crippen molar-refractivity contribution in [3.05, 3.63) is 145 Å². The second kappa shape index (κ2) is 8.89. The Kier molecular flexibility index (Phi) is 5.67. The number of fused-ring (bicyclic) bond motifs is 2. The smallest absolute Gasteiger partial charge is 0.0465 e. The Balaban J connectivity index is 1.62. The first kappa shape index (κ1) is 23.0. The van der Waals surface area contributed by atoms with Crippen LogP contribution in [0.25, 0.3) is 0 Å². The molecule has 1 heterocycles. The lowest BCUT2D eigenvalue weighted by molar-refractivity contribution is 0.647. The maximum atomic E-state index is 6.73. The molecule has 1 nitrogen and oxygen atoms in total. The molecule has 3 heteroatoms. The highest BCUT2D eigenvalue weighted by Crippen LogP contribution is 2.53. The van der Waals surface area contributed by atoms with Crippen molar-refractivity contribution in [2.45, 2.75) is 19.3 Å². The summed E-state index contributed by atoms with van der Waals surface area (Å²) in [5.41, 5.74) is 5.92. The molecule has 0 aromatic heterocycles. The van der Waals surface area contributed by atoms with Crippen molar-refractivity contribution in [1.29, 1.82) is 0 Å². The fourth-order valence-corrected chi connectivity index (χ4v) is 10.2. The van der Waals surface area contributed by atoms with Gasteiger partial charge >= 0.3 is 0 Å². The van der Waals surface area contributed by atoms with E-state index in [1.165, 1.54) is 27.0 Å². The minimum atomic E-state index is -2.20. The van der Waals surface area contributed by atoms with Crippen molar-refractivity contribution in [2.75, 3.05) is 4.90 Å². The Hall–Kier alpha value is -3.45. The summed E-state index contributed by atoms with van der Waals surface area (Å²) in [5.74, 6) is 0. The zero-order valence-electron chi connectivity index (χ0n) is 20.5. The van der Waals surface area contributed by atoms with E-state index in [0.717, 1.165) is 17.1 Å². The first-order valence-electron chi connectivity index (χ1n) is 12.3. The molecule has 0 bridgehead atoms. The zero-order valence-corrected chi connectivity index (χ0v) is 22.2. The average molecular weight is 502 g/mol. The van der Waals surface area contributed by atoms with Crippen LogP contribution in [0.3, 0.4) is 0 Å². The normalized spacial score (nSPS) is 17.6. The van der Waals surface area contributed by atoms with Gasteiger partial charge in [-0.15, -0.1) is 0 Å². The van der Waals surface area contributed by atoms with Crippen LogP contribution in [0.15, 0.2) is 133 Å². The van der Waals surface area contributed by atoms with Gasteiger partial charge in [0.15, 0.2) is 0 Å². The Morgan fingerprint density at radius 2 is 1.03 bits per heavy atom. The summed E-state index contributed by atoms with van der Waals surface area (Å²) in [6, 6.07) is 45.5. The van der Waals surface area contributed by atoms with Gasteiger partial charge in [0.25, 0.3) is 0 Å². The van der Waals surface area contributed by atoms with Crippen LogP contribution >= 0.6 is 6.04 Å². The molecule has 36 heavy (non-hydrogen) atoms. The van der Waals surface area contributed by atoms with E-state index in [4.69, 9.17) is 11.8 Å². The number of rotatable bonds is 4. The molecule has 6 rings (SSSR count). The lowest BCUT2D eigenvalue weighted by Gasteiger charge is -2.42. The molecule has 0 fully saturated rings. The fourth-order valence-electron chi connectivity index (χ4n) is 5.51. The monoisotopic (exact) mass is 501 g/mol. The lowest BCUT2D eigenvalue weighted by Crippen LogP contribution is -2.42. The molecule has 0 aliphatic carbocycles. The zero-order chi connectivity index (χ0) is 24.8. The number of hydrogen-bond acceptors (Lipinski definition) is 2. The summed E-state index contributed by atoms with van der Waals surface area (Å²) in [7, 11) is 0. The fraction of sp³-hybridized carbons (Fsp3) is 0.0909. The van der Waals surface area contributed by atoms with Crippen LogP contribution in [0.5, 0.6) is 0 Å². The molecular weight excluding hydrogens is 473 g/mol. The van der Waals surface area contributed by atoms with E-state index >= 15 is 0 Å². The van der Waals surface area contributed by atoms with E-state index in [1.54, 1.807) is 0 Å². The van der Waals surface area contributed by atoms with E-state index < -0.39 is 6.04 Å². The van der Waals surface area contributed by atoms with E-state index in [-0.39, 0.29) is 5.41 Å². The number of para-hydroxylation sites is 2. The van der Waals surface area contributed by atoms with Gasteiger partial charge in [0.1, 0.15) is 0 Å². The lowest BCUT2D eigenvalue weighted by atomic mass is 9.77. The van der Waals surface area contributed by atoms with Gasteiger partial charge in [-0.25, -0.2) is 0 Å². The van der Waals surface area contributed by atoms with Crippen molar-refractivity contribution in [1.82, 2.24) is 0 Å². The Morgan fingerprint density at radius 3 is 1.64 bits per heavy atom. The van der Waals surface area contributed by atoms with Crippen LogP contribution in [0.4, 0.5) is 17.1 Å². The Labute approximate surface area is 219 Å². The molecule has 176 valence electrons. The maximum Gasteiger partial charge on any atom is 0.0465 e. The van der Waals surface area contributed by atoms with Gasteiger partial charge in [-0.2, -0.15) is 0 Å². The summed E-state index contributed by atoms with van der Waals surface area (Å²) >= 11 is 6.73. The molecule has 1 aliphatic heterocycles. The Bertz CT molecular complexity index is 1540. The summed E-state index contributed by atoms with van der Waals surface area (Å²) in [6.45, 7) is 4.68. The van der Waals surface area contributed by atoms with Crippen molar-refractivity contribution >= 4 is 50.8 Å². The second-order valence-electron chi connectivity index (χ2n) is 9.79. The molecule has 5 aromatic carbocycles. The SMILES string of the molecule is CC1(C)c2ccccc2P(=S)(c2ccccc2)c2ccc(N(c3ccccc3)c3ccccc3)cc21. The Morgan fingerprint density at radius 1 is 0.528 bits per heavy atom. The van der Waals surface area contributed by atoms with Crippen molar-refractivity contribution < 1.29 is 0 Å². The first-order chi connectivity index (χ1) is 17.5. The molecular formula is C33H28NPS. The topological polar surface area (TPSA) is 3.24 Å². The van der Waals surface area contributed by atoms with Gasteiger partial charge in [0.2, 0.25) is 0 Å². The van der Waals surface area contributed by atoms with Crippen molar-refractivity contribution in [3.63, 3.8) is 0 Å². The van der Waals surface area contributed by atoms with Crippen LogP contribution in [-0.4, -0.2) is 0 Å². The molecule has 0 N–H and O–H groups in total. The second-order valence-corrected chi connectivity index (χ2v) is 14.1. The molecule has 0 amide bonds. The average Bonchev–Trinajstić information content (AvgIpc) is 2.94. The van der Waals surface area contributed by atoms with Gasteiger partial charge in [-0.1, -0.05) is 123 Å². The molecule has 1 unspecified atom stereocenters. The van der Waals surface area contributed by atoms with Gasteiger partial charge in [0.05, 0.1) is 0 Å².